The van der Waals surface area contributed by atoms with Gasteiger partial charge in [-0.05, 0) is 43.2 Å². The number of nitrogens with zero attached hydrogens (tertiary/aromatic N) is 3. The van der Waals surface area contributed by atoms with Gasteiger partial charge in [0.1, 0.15) is 5.69 Å². The van der Waals surface area contributed by atoms with Gasteiger partial charge in [0.15, 0.2) is 0 Å². The first-order valence-corrected chi connectivity index (χ1v) is 9.07. The molecule has 2 bridgehead atoms. The predicted octanol–water partition coefficient (Wildman–Crippen LogP) is 1.72. The number of nitrogens with one attached hydrogen (secondary N) is 1. The van der Waals surface area contributed by atoms with Gasteiger partial charge in [-0.3, -0.25) is 9.69 Å². The Morgan fingerprint density at radius 2 is 1.96 bits per heavy atom. The van der Waals surface area contributed by atoms with Crippen LogP contribution in [0.5, 0.6) is 0 Å². The predicted molar refractivity (Wildman–Crippen MR) is 93.1 cm³/mol. The molecule has 3 aliphatic rings. The van der Waals surface area contributed by atoms with Crippen LogP contribution in [0.4, 0.5) is 10.5 Å². The molecule has 2 saturated carbocycles. The van der Waals surface area contributed by atoms with Crippen molar-refractivity contribution in [3.8, 4) is 0 Å². The molecule has 2 heterocycles. The number of rotatable bonds is 2. The van der Waals surface area contributed by atoms with Crippen LogP contribution in [-0.4, -0.2) is 52.6 Å². The van der Waals surface area contributed by atoms with Crippen molar-refractivity contribution in [3.05, 3.63) is 28.7 Å². The van der Waals surface area contributed by atoms with E-state index in [2.05, 4.69) is 10.2 Å². The average molecular weight is 330 g/mol. The maximum atomic E-state index is 12.4. The number of piperazine rings is 1. The molecule has 24 heavy (non-hydrogen) atoms. The van der Waals surface area contributed by atoms with Crippen molar-refractivity contribution in [3.63, 3.8) is 0 Å². The lowest BCUT2D eigenvalue weighted by molar-refractivity contribution is 0.0860. The van der Waals surface area contributed by atoms with Crippen LogP contribution in [0.15, 0.2) is 23.1 Å². The van der Waals surface area contributed by atoms with Crippen LogP contribution in [0, 0.1) is 11.8 Å². The fourth-order valence-electron chi connectivity index (χ4n) is 4.80. The highest BCUT2D eigenvalue weighted by molar-refractivity contribution is 5.89. The van der Waals surface area contributed by atoms with Crippen molar-refractivity contribution in [1.29, 1.82) is 0 Å². The van der Waals surface area contributed by atoms with Gasteiger partial charge >= 0.3 is 6.03 Å². The third-order valence-electron chi connectivity index (χ3n) is 6.14. The Labute approximate surface area is 142 Å². The normalized spacial score (nSPS) is 29.9. The van der Waals surface area contributed by atoms with Crippen molar-refractivity contribution >= 4 is 11.7 Å². The first-order chi connectivity index (χ1) is 11.6. The molecule has 2 aliphatic carbocycles. The Balaban J connectivity index is 1.33. The van der Waals surface area contributed by atoms with Gasteiger partial charge in [0, 0.05) is 45.5 Å². The molecule has 2 amide bonds. The number of hydrogen-bond acceptors (Lipinski definition) is 3. The summed E-state index contributed by atoms with van der Waals surface area (Å²) >= 11 is 0. The average Bonchev–Trinajstić information content (AvgIpc) is 3.22. The van der Waals surface area contributed by atoms with Gasteiger partial charge in [-0.15, -0.1) is 0 Å². The minimum Gasteiger partial charge on any atom is -0.322 e. The van der Waals surface area contributed by atoms with Gasteiger partial charge in [-0.1, -0.05) is 6.42 Å². The Morgan fingerprint density at radius 1 is 1.17 bits per heavy atom. The maximum absolute atomic E-state index is 12.4. The number of fused-ring (bicyclic) bond motifs is 2. The van der Waals surface area contributed by atoms with Gasteiger partial charge in [0.2, 0.25) is 0 Å². The van der Waals surface area contributed by atoms with E-state index in [9.17, 15) is 9.59 Å². The summed E-state index contributed by atoms with van der Waals surface area (Å²) in [7, 11) is 1.69. The molecule has 1 aromatic rings. The molecule has 1 N–H and O–H groups in total. The van der Waals surface area contributed by atoms with Crippen molar-refractivity contribution < 1.29 is 4.79 Å². The summed E-state index contributed by atoms with van der Waals surface area (Å²) in [5.74, 6) is 1.85. The highest BCUT2D eigenvalue weighted by Crippen LogP contribution is 2.46. The molecule has 1 aromatic heterocycles. The van der Waals surface area contributed by atoms with E-state index in [-0.39, 0.29) is 11.6 Å². The van der Waals surface area contributed by atoms with Gasteiger partial charge < -0.3 is 14.8 Å². The number of carbonyl (C=O) groups is 1. The largest absolute Gasteiger partial charge is 0.322 e. The van der Waals surface area contributed by atoms with E-state index >= 15 is 0 Å². The number of pyridine rings is 1. The fourth-order valence-corrected chi connectivity index (χ4v) is 4.80. The zero-order valence-electron chi connectivity index (χ0n) is 14.3. The number of carbonyl (C=O) groups excluding carboxylic acids is 1. The topological polar surface area (TPSA) is 57.6 Å². The summed E-state index contributed by atoms with van der Waals surface area (Å²) < 4.78 is 1.47. The Hall–Kier alpha value is -1.82. The molecule has 1 aliphatic heterocycles. The van der Waals surface area contributed by atoms with Crippen LogP contribution < -0.4 is 10.9 Å². The Bertz CT molecular complexity index is 678. The monoisotopic (exact) mass is 330 g/mol. The molecule has 6 nitrogen and oxygen atoms in total. The lowest BCUT2D eigenvalue weighted by Gasteiger charge is -2.40. The van der Waals surface area contributed by atoms with Crippen LogP contribution in [0.25, 0.3) is 0 Å². The summed E-state index contributed by atoms with van der Waals surface area (Å²) in [6.45, 7) is 3.39. The Kier molecular flexibility index (Phi) is 4.08. The molecular weight excluding hydrogens is 304 g/mol. The summed E-state index contributed by atoms with van der Waals surface area (Å²) in [6, 6.07) is 4.01. The number of aromatic nitrogens is 1. The molecule has 4 rings (SSSR count). The van der Waals surface area contributed by atoms with Crippen LogP contribution in [0.2, 0.25) is 0 Å². The molecule has 1 saturated heterocycles. The molecule has 0 spiro atoms. The van der Waals surface area contributed by atoms with E-state index in [1.54, 1.807) is 25.4 Å². The van der Waals surface area contributed by atoms with Crippen molar-refractivity contribution in [1.82, 2.24) is 14.4 Å². The zero-order valence-corrected chi connectivity index (χ0v) is 14.3. The zero-order chi connectivity index (χ0) is 16.7. The highest BCUT2D eigenvalue weighted by Gasteiger charge is 2.42. The second-order valence-corrected chi connectivity index (χ2v) is 7.53. The quantitative estimate of drug-likeness (QED) is 0.898. The lowest BCUT2D eigenvalue weighted by Crippen LogP contribution is -2.54. The minimum atomic E-state index is -0.175. The van der Waals surface area contributed by atoms with E-state index in [4.69, 9.17) is 0 Å². The summed E-state index contributed by atoms with van der Waals surface area (Å²) in [5, 5.41) is 2.77. The molecule has 130 valence electrons. The molecule has 6 heteroatoms. The number of urea groups is 1. The lowest BCUT2D eigenvalue weighted by atomic mass is 9.93. The minimum absolute atomic E-state index is 0.161. The molecule has 0 unspecified atom stereocenters. The smallest absolute Gasteiger partial charge is 0.322 e. The second-order valence-electron chi connectivity index (χ2n) is 7.53. The second kappa shape index (κ2) is 6.24. The Morgan fingerprint density at radius 3 is 2.62 bits per heavy atom. The molecule has 3 atom stereocenters. The summed E-state index contributed by atoms with van der Waals surface area (Å²) in [5.41, 5.74) is 0.173. The van der Waals surface area contributed by atoms with Crippen molar-refractivity contribution in [2.75, 3.05) is 31.5 Å². The number of hydrogen-bond donors (Lipinski definition) is 1. The third-order valence-corrected chi connectivity index (χ3v) is 6.14. The van der Waals surface area contributed by atoms with E-state index in [0.29, 0.717) is 5.69 Å². The van der Waals surface area contributed by atoms with Crippen LogP contribution in [-0.2, 0) is 7.05 Å². The standard InChI is InChI=1S/C18H26N4O2/c1-20-6-2-3-15(17(20)23)19-18(24)22-9-7-21(8-10-22)16-12-13-4-5-14(16)11-13/h2-3,6,13-14,16H,4-5,7-12H2,1H3,(H,19,24)/t13-,14-,16-/m0/s1. The molecule has 3 fully saturated rings. The van der Waals surface area contributed by atoms with Gasteiger partial charge in [0.05, 0.1) is 0 Å². The first kappa shape index (κ1) is 15.7. The van der Waals surface area contributed by atoms with E-state index in [1.165, 1.54) is 30.3 Å². The molecule has 0 radical (unpaired) electrons. The van der Waals surface area contributed by atoms with Crippen molar-refractivity contribution in [2.24, 2.45) is 18.9 Å². The maximum Gasteiger partial charge on any atom is 0.322 e. The molecule has 0 aromatic carbocycles. The van der Waals surface area contributed by atoms with Gasteiger partial charge in [0.25, 0.3) is 5.56 Å². The number of amides is 2. The fraction of sp³-hybridized carbons (Fsp3) is 0.667. The summed E-state index contributed by atoms with van der Waals surface area (Å²) in [6.07, 6.45) is 7.29. The van der Waals surface area contributed by atoms with E-state index < -0.39 is 0 Å². The highest BCUT2D eigenvalue weighted by atomic mass is 16.2. The van der Waals surface area contributed by atoms with Crippen molar-refractivity contribution in [2.45, 2.75) is 31.7 Å². The van der Waals surface area contributed by atoms with Crippen LogP contribution in [0.1, 0.15) is 25.7 Å². The van der Waals surface area contributed by atoms with Crippen LogP contribution in [0.3, 0.4) is 0 Å². The number of anilines is 1. The van der Waals surface area contributed by atoms with Gasteiger partial charge in [-0.2, -0.15) is 0 Å². The van der Waals surface area contributed by atoms with E-state index in [0.717, 1.165) is 44.1 Å². The molecular formula is C18H26N4O2. The van der Waals surface area contributed by atoms with Crippen LogP contribution >= 0.6 is 0 Å². The third kappa shape index (κ3) is 2.83. The number of aryl methyl sites for hydroxylation is 1. The van der Waals surface area contributed by atoms with Gasteiger partial charge in [-0.25, -0.2) is 4.79 Å². The SMILES string of the molecule is Cn1cccc(NC(=O)N2CCN([C@H]3C[C@H]4CC[C@H]3C4)CC2)c1=O. The first-order valence-electron chi connectivity index (χ1n) is 9.07. The summed E-state index contributed by atoms with van der Waals surface area (Å²) in [4.78, 5) is 28.9. The van der Waals surface area contributed by atoms with E-state index in [1.807, 2.05) is 4.90 Å².